The van der Waals surface area contributed by atoms with Gasteiger partial charge >= 0.3 is 0 Å². The first-order valence-corrected chi connectivity index (χ1v) is 9.84. The summed E-state index contributed by atoms with van der Waals surface area (Å²) < 4.78 is 19.6. The molecule has 2 amide bonds. The van der Waals surface area contributed by atoms with E-state index in [2.05, 4.69) is 5.32 Å². The Morgan fingerprint density at radius 2 is 1.61 bits per heavy atom. The van der Waals surface area contributed by atoms with E-state index in [0.717, 1.165) is 0 Å². The zero-order chi connectivity index (χ0) is 22.0. The van der Waals surface area contributed by atoms with Crippen molar-refractivity contribution in [2.45, 2.75) is 6.92 Å². The van der Waals surface area contributed by atoms with Crippen LogP contribution in [-0.4, -0.2) is 16.9 Å². The van der Waals surface area contributed by atoms with E-state index in [1.807, 2.05) is 30.3 Å². The average Bonchev–Trinajstić information content (AvgIpc) is 2.76. The van der Waals surface area contributed by atoms with Crippen molar-refractivity contribution in [1.82, 2.24) is 5.32 Å². The fourth-order valence-corrected chi connectivity index (χ4v) is 3.40. The van der Waals surface area contributed by atoms with Gasteiger partial charge in [-0.05, 0) is 78.8 Å². The van der Waals surface area contributed by atoms with Gasteiger partial charge in [-0.25, -0.2) is 4.39 Å². The van der Waals surface area contributed by atoms with Crippen LogP contribution < -0.4 is 15.0 Å². The second kappa shape index (κ2) is 8.49. The van der Waals surface area contributed by atoms with Gasteiger partial charge in [0, 0.05) is 0 Å². The van der Waals surface area contributed by atoms with Crippen LogP contribution in [0, 0.1) is 12.7 Å². The average molecular weight is 432 g/mol. The van der Waals surface area contributed by atoms with E-state index in [-0.39, 0.29) is 10.7 Å². The summed E-state index contributed by atoms with van der Waals surface area (Å²) in [6, 6.07) is 20.5. The minimum atomic E-state index is -0.626. The van der Waals surface area contributed by atoms with Crippen molar-refractivity contribution in [3.63, 3.8) is 0 Å². The third-order valence-corrected chi connectivity index (χ3v) is 5.07. The van der Waals surface area contributed by atoms with Crippen molar-refractivity contribution in [2.24, 2.45) is 0 Å². The molecule has 0 bridgehead atoms. The van der Waals surface area contributed by atoms with Crippen LogP contribution in [0.2, 0.25) is 0 Å². The van der Waals surface area contributed by atoms with E-state index in [1.54, 1.807) is 37.3 Å². The molecule has 1 N–H and O–H groups in total. The number of anilines is 1. The topological polar surface area (TPSA) is 58.6 Å². The first-order valence-electron chi connectivity index (χ1n) is 9.43. The van der Waals surface area contributed by atoms with Crippen molar-refractivity contribution >= 4 is 40.9 Å². The predicted molar refractivity (Wildman–Crippen MR) is 120 cm³/mol. The Morgan fingerprint density at radius 3 is 2.32 bits per heavy atom. The van der Waals surface area contributed by atoms with Crippen molar-refractivity contribution in [2.75, 3.05) is 4.90 Å². The maximum absolute atomic E-state index is 13.9. The van der Waals surface area contributed by atoms with Crippen molar-refractivity contribution in [3.8, 4) is 11.5 Å². The number of amides is 2. The third-order valence-electron chi connectivity index (χ3n) is 4.78. The zero-order valence-electron chi connectivity index (χ0n) is 16.5. The molecule has 0 aliphatic carbocycles. The number of carbonyl (C=O) groups is 2. The number of hydrogen-bond acceptors (Lipinski definition) is 4. The third kappa shape index (κ3) is 4.22. The lowest BCUT2D eigenvalue weighted by Crippen LogP contribution is -2.54. The Bertz CT molecular complexity index is 1210. The second-order valence-electron chi connectivity index (χ2n) is 6.82. The number of benzene rings is 3. The van der Waals surface area contributed by atoms with Crippen LogP contribution in [0.3, 0.4) is 0 Å². The molecule has 1 fully saturated rings. The maximum Gasteiger partial charge on any atom is 0.270 e. The number of ether oxygens (including phenoxy) is 1. The van der Waals surface area contributed by atoms with Gasteiger partial charge in [-0.15, -0.1) is 0 Å². The van der Waals surface area contributed by atoms with Gasteiger partial charge in [0.05, 0.1) is 5.69 Å². The van der Waals surface area contributed by atoms with E-state index in [9.17, 15) is 14.0 Å². The summed E-state index contributed by atoms with van der Waals surface area (Å²) in [7, 11) is 0. The molecular formula is C24H17FN2O3S. The highest BCUT2D eigenvalue weighted by Crippen LogP contribution is 2.27. The highest BCUT2D eigenvalue weighted by Gasteiger charge is 2.34. The Hall–Kier alpha value is -3.84. The van der Waals surface area contributed by atoms with Crippen LogP contribution in [0.1, 0.15) is 11.1 Å². The largest absolute Gasteiger partial charge is 0.457 e. The van der Waals surface area contributed by atoms with E-state index in [4.69, 9.17) is 17.0 Å². The molecule has 0 saturated carbocycles. The predicted octanol–water partition coefficient (Wildman–Crippen LogP) is 4.76. The lowest BCUT2D eigenvalue weighted by molar-refractivity contribution is -0.122. The molecule has 5 nitrogen and oxygen atoms in total. The van der Waals surface area contributed by atoms with E-state index >= 15 is 0 Å². The lowest BCUT2D eigenvalue weighted by Gasteiger charge is -2.29. The molecule has 3 aromatic rings. The summed E-state index contributed by atoms with van der Waals surface area (Å²) in [5.74, 6) is -0.365. The second-order valence-corrected chi connectivity index (χ2v) is 7.21. The molecule has 0 spiro atoms. The molecule has 0 radical (unpaired) electrons. The molecule has 154 valence electrons. The molecule has 0 unspecified atom stereocenters. The van der Waals surface area contributed by atoms with Crippen molar-refractivity contribution in [3.05, 3.63) is 95.3 Å². The fourth-order valence-electron chi connectivity index (χ4n) is 3.12. The van der Waals surface area contributed by atoms with Gasteiger partial charge in [0.1, 0.15) is 22.9 Å². The van der Waals surface area contributed by atoms with Crippen LogP contribution in [0.25, 0.3) is 6.08 Å². The first kappa shape index (κ1) is 20.4. The summed E-state index contributed by atoms with van der Waals surface area (Å²) >= 11 is 5.22. The van der Waals surface area contributed by atoms with E-state index < -0.39 is 17.6 Å². The summed E-state index contributed by atoms with van der Waals surface area (Å²) in [5.41, 5.74) is 1.12. The maximum atomic E-state index is 13.9. The minimum Gasteiger partial charge on any atom is -0.457 e. The Balaban J connectivity index is 1.63. The summed E-state index contributed by atoms with van der Waals surface area (Å²) in [5, 5.41) is 2.49. The SMILES string of the molecule is Cc1c(F)cccc1C=C1C(=O)NC(=S)N(c2ccc(Oc3ccccc3)cc2)C1=O. The summed E-state index contributed by atoms with van der Waals surface area (Å²) in [6.45, 7) is 1.58. The minimum absolute atomic E-state index is 0.0279. The van der Waals surface area contributed by atoms with Gasteiger partial charge in [0.25, 0.3) is 11.8 Å². The summed E-state index contributed by atoms with van der Waals surface area (Å²) in [6.07, 6.45) is 1.37. The normalized spacial score (nSPS) is 15.2. The standard InChI is InChI=1S/C24H17FN2O3S/c1-15-16(6-5-9-21(15)25)14-20-22(28)26-24(31)27(23(20)29)17-10-12-19(13-11-17)30-18-7-3-2-4-8-18/h2-14H,1H3,(H,26,28,31). The number of halogens is 1. The lowest BCUT2D eigenvalue weighted by atomic mass is 10.0. The number of hydrogen-bond donors (Lipinski definition) is 1. The molecule has 7 heteroatoms. The number of carbonyl (C=O) groups excluding carboxylic acids is 2. The Labute approximate surface area is 183 Å². The molecule has 1 heterocycles. The number of para-hydroxylation sites is 1. The van der Waals surface area contributed by atoms with Crippen LogP contribution in [0.4, 0.5) is 10.1 Å². The van der Waals surface area contributed by atoms with Crippen LogP contribution in [-0.2, 0) is 9.59 Å². The van der Waals surface area contributed by atoms with Gasteiger partial charge in [0.15, 0.2) is 5.11 Å². The molecule has 1 aliphatic rings. The first-order chi connectivity index (χ1) is 14.9. The highest BCUT2D eigenvalue weighted by molar-refractivity contribution is 7.80. The van der Waals surface area contributed by atoms with Crippen LogP contribution >= 0.6 is 12.2 Å². The van der Waals surface area contributed by atoms with Crippen molar-refractivity contribution in [1.29, 1.82) is 0 Å². The highest BCUT2D eigenvalue weighted by atomic mass is 32.1. The number of nitrogens with zero attached hydrogens (tertiary/aromatic N) is 1. The quantitative estimate of drug-likeness (QED) is 0.367. The number of nitrogens with one attached hydrogen (secondary N) is 1. The molecule has 1 aliphatic heterocycles. The number of rotatable bonds is 4. The summed E-state index contributed by atoms with van der Waals surface area (Å²) in [4.78, 5) is 26.8. The molecule has 4 rings (SSSR count). The molecule has 0 aromatic heterocycles. The zero-order valence-corrected chi connectivity index (χ0v) is 17.3. The van der Waals surface area contributed by atoms with Crippen molar-refractivity contribution < 1.29 is 18.7 Å². The van der Waals surface area contributed by atoms with Gasteiger partial charge in [-0.1, -0.05) is 30.3 Å². The van der Waals surface area contributed by atoms with Gasteiger partial charge in [-0.2, -0.15) is 0 Å². The van der Waals surface area contributed by atoms with Gasteiger partial charge in [0.2, 0.25) is 0 Å². The van der Waals surface area contributed by atoms with E-state index in [1.165, 1.54) is 23.1 Å². The van der Waals surface area contributed by atoms with E-state index in [0.29, 0.717) is 28.3 Å². The molecular weight excluding hydrogens is 415 g/mol. The Kier molecular flexibility index (Phi) is 5.60. The monoisotopic (exact) mass is 432 g/mol. The molecule has 31 heavy (non-hydrogen) atoms. The molecule has 1 saturated heterocycles. The Morgan fingerprint density at radius 1 is 0.935 bits per heavy atom. The van der Waals surface area contributed by atoms with Crippen LogP contribution in [0.5, 0.6) is 11.5 Å². The van der Waals surface area contributed by atoms with Gasteiger partial charge in [-0.3, -0.25) is 19.8 Å². The smallest absolute Gasteiger partial charge is 0.270 e. The molecule has 3 aromatic carbocycles. The fraction of sp³-hybridized carbons (Fsp3) is 0.0417. The van der Waals surface area contributed by atoms with Crippen LogP contribution in [0.15, 0.2) is 78.4 Å². The number of thiocarbonyl (C=S) groups is 1. The van der Waals surface area contributed by atoms with Gasteiger partial charge < -0.3 is 4.74 Å². The molecule has 0 atom stereocenters.